The first-order valence-electron chi connectivity index (χ1n) is 11.6. The molecule has 1 fully saturated rings. The lowest BCUT2D eigenvalue weighted by Gasteiger charge is -2.31. The summed E-state index contributed by atoms with van der Waals surface area (Å²) in [5.41, 5.74) is 7.74. The van der Waals surface area contributed by atoms with Crippen molar-refractivity contribution >= 4 is 0 Å². The van der Waals surface area contributed by atoms with Crippen molar-refractivity contribution in [2.75, 3.05) is 0 Å². The summed E-state index contributed by atoms with van der Waals surface area (Å²) < 4.78 is 15.0. The van der Waals surface area contributed by atoms with Gasteiger partial charge in [0, 0.05) is 6.42 Å². The van der Waals surface area contributed by atoms with Crippen molar-refractivity contribution in [2.45, 2.75) is 77.3 Å². The van der Waals surface area contributed by atoms with Crippen LogP contribution in [0.4, 0.5) is 4.39 Å². The molecule has 4 aliphatic carbocycles. The lowest BCUT2D eigenvalue weighted by atomic mass is 9.75. The Kier molecular flexibility index (Phi) is 6.53. The van der Waals surface area contributed by atoms with Crippen LogP contribution in [0.25, 0.3) is 0 Å². The minimum Gasteiger partial charge on any atom is -0.242 e. The molecule has 0 aliphatic heterocycles. The average Bonchev–Trinajstić information content (AvgIpc) is 2.79. The molecule has 0 heterocycles. The van der Waals surface area contributed by atoms with E-state index in [4.69, 9.17) is 0 Å². The Morgan fingerprint density at radius 3 is 2.17 bits per heavy atom. The van der Waals surface area contributed by atoms with Gasteiger partial charge in [-0.15, -0.1) is 6.58 Å². The molecule has 1 heteroatoms. The van der Waals surface area contributed by atoms with E-state index in [1.807, 2.05) is 0 Å². The van der Waals surface area contributed by atoms with Gasteiger partial charge in [-0.05, 0) is 91.9 Å². The van der Waals surface area contributed by atoms with Crippen LogP contribution in [0, 0.1) is 11.8 Å². The zero-order valence-electron chi connectivity index (χ0n) is 17.9. The monoisotopic (exact) mass is 390 g/mol. The van der Waals surface area contributed by atoms with Gasteiger partial charge in [0.2, 0.25) is 0 Å². The Labute approximate surface area is 176 Å². The minimum absolute atomic E-state index is 0.535. The molecule has 1 atom stereocenters. The van der Waals surface area contributed by atoms with Gasteiger partial charge in [0.25, 0.3) is 0 Å². The van der Waals surface area contributed by atoms with Crippen molar-refractivity contribution in [1.29, 1.82) is 0 Å². The van der Waals surface area contributed by atoms with Gasteiger partial charge in [-0.2, -0.15) is 0 Å². The van der Waals surface area contributed by atoms with E-state index in [2.05, 4.69) is 56.0 Å². The van der Waals surface area contributed by atoms with Crippen LogP contribution in [0.5, 0.6) is 0 Å². The van der Waals surface area contributed by atoms with Crippen LogP contribution in [0.2, 0.25) is 0 Å². The summed E-state index contributed by atoms with van der Waals surface area (Å²) in [5.74, 6) is 1.48. The Morgan fingerprint density at radius 2 is 1.59 bits per heavy atom. The van der Waals surface area contributed by atoms with Crippen molar-refractivity contribution in [1.82, 2.24) is 0 Å². The van der Waals surface area contributed by atoms with Gasteiger partial charge in [0.15, 0.2) is 0 Å². The fourth-order valence-electron chi connectivity index (χ4n) is 5.41. The van der Waals surface area contributed by atoms with Gasteiger partial charge < -0.3 is 0 Å². The van der Waals surface area contributed by atoms with Gasteiger partial charge in [-0.25, -0.2) is 4.39 Å². The molecule has 0 aromatic carbocycles. The molecule has 4 rings (SSSR count). The molecule has 0 aromatic rings. The number of allylic oxidation sites excluding steroid dienone is 13. The molecular weight excluding hydrogens is 355 g/mol. The van der Waals surface area contributed by atoms with Crippen molar-refractivity contribution in [2.24, 2.45) is 11.8 Å². The van der Waals surface area contributed by atoms with Crippen LogP contribution in [-0.4, -0.2) is 6.17 Å². The Hall–Kier alpha value is -1.89. The first-order chi connectivity index (χ1) is 14.2. The molecular formula is C28H35F. The van der Waals surface area contributed by atoms with Gasteiger partial charge in [-0.1, -0.05) is 60.6 Å². The molecule has 0 saturated heterocycles. The predicted molar refractivity (Wildman–Crippen MR) is 122 cm³/mol. The SMILES string of the molecule is C=CC1CCC(C2=CC=C(C3=CC=C(C4=CC=C(CC)CC4)C(F)C3)CC2)CC1. The molecule has 0 N–H and O–H groups in total. The summed E-state index contributed by atoms with van der Waals surface area (Å²) in [5, 5.41) is 0. The van der Waals surface area contributed by atoms with E-state index in [-0.39, 0.29) is 0 Å². The van der Waals surface area contributed by atoms with Crippen molar-refractivity contribution in [3.05, 3.63) is 82.5 Å². The zero-order valence-corrected chi connectivity index (χ0v) is 17.9. The van der Waals surface area contributed by atoms with E-state index in [9.17, 15) is 0 Å². The first kappa shape index (κ1) is 20.4. The number of hydrogen-bond donors (Lipinski definition) is 0. The van der Waals surface area contributed by atoms with Crippen LogP contribution in [-0.2, 0) is 0 Å². The Morgan fingerprint density at radius 1 is 0.862 bits per heavy atom. The fraction of sp³-hybridized carbons (Fsp3) is 0.500. The number of halogens is 1. The van der Waals surface area contributed by atoms with E-state index in [0.717, 1.165) is 49.5 Å². The molecule has 4 aliphatic rings. The summed E-state index contributed by atoms with van der Waals surface area (Å²) in [6, 6.07) is 0. The summed E-state index contributed by atoms with van der Waals surface area (Å²) in [7, 11) is 0. The number of rotatable bonds is 5. The highest BCUT2D eigenvalue weighted by Gasteiger charge is 2.26. The summed E-state index contributed by atoms with van der Waals surface area (Å²) in [6.07, 6.45) is 25.6. The summed E-state index contributed by atoms with van der Waals surface area (Å²) in [4.78, 5) is 0. The molecule has 0 aromatic heterocycles. The van der Waals surface area contributed by atoms with Crippen LogP contribution in [0.3, 0.4) is 0 Å². The van der Waals surface area contributed by atoms with Gasteiger partial charge in [0.1, 0.15) is 6.17 Å². The fourth-order valence-corrected chi connectivity index (χ4v) is 5.41. The molecule has 0 bridgehead atoms. The summed E-state index contributed by atoms with van der Waals surface area (Å²) >= 11 is 0. The quantitative estimate of drug-likeness (QED) is 0.414. The molecule has 154 valence electrons. The summed E-state index contributed by atoms with van der Waals surface area (Å²) in [6.45, 7) is 6.16. The molecule has 1 saturated carbocycles. The third kappa shape index (κ3) is 4.65. The molecule has 29 heavy (non-hydrogen) atoms. The maximum Gasteiger partial charge on any atom is 0.129 e. The maximum atomic E-state index is 15.0. The van der Waals surface area contributed by atoms with Crippen LogP contribution >= 0.6 is 0 Å². The number of alkyl halides is 1. The normalized spacial score (nSPS) is 30.3. The largest absolute Gasteiger partial charge is 0.242 e. The second kappa shape index (κ2) is 9.28. The van der Waals surface area contributed by atoms with Crippen LogP contribution < -0.4 is 0 Å². The van der Waals surface area contributed by atoms with E-state index in [0.29, 0.717) is 6.42 Å². The van der Waals surface area contributed by atoms with Gasteiger partial charge in [0.05, 0.1) is 0 Å². The van der Waals surface area contributed by atoms with Crippen molar-refractivity contribution in [3.8, 4) is 0 Å². The van der Waals surface area contributed by atoms with E-state index >= 15 is 4.39 Å². The van der Waals surface area contributed by atoms with E-state index < -0.39 is 6.17 Å². The maximum absolute atomic E-state index is 15.0. The van der Waals surface area contributed by atoms with E-state index in [1.165, 1.54) is 48.0 Å². The first-order valence-corrected chi connectivity index (χ1v) is 11.6. The lowest BCUT2D eigenvalue weighted by Crippen LogP contribution is -2.17. The zero-order chi connectivity index (χ0) is 20.2. The smallest absolute Gasteiger partial charge is 0.129 e. The molecule has 0 spiro atoms. The highest BCUT2D eigenvalue weighted by molar-refractivity contribution is 5.50. The lowest BCUT2D eigenvalue weighted by molar-refractivity contribution is 0.338. The highest BCUT2D eigenvalue weighted by atomic mass is 19.1. The Balaban J connectivity index is 1.44. The second-order valence-electron chi connectivity index (χ2n) is 9.14. The number of hydrogen-bond acceptors (Lipinski definition) is 0. The predicted octanol–water partition coefficient (Wildman–Crippen LogP) is 8.28. The molecule has 0 nitrogen and oxygen atoms in total. The standard InChI is InChI=1S/C28H35F/c1-3-20-5-9-22(10-6-20)23-13-15-24(16-14-23)26-17-18-27(28(29)19-26)25-11-7-21(4-2)8-12-25/h3,7,11,13,15,17-18,20,22,28H,1,4-6,8-10,12,14,16,19H2,2H3. The molecule has 1 unspecified atom stereocenters. The van der Waals surface area contributed by atoms with Crippen molar-refractivity contribution < 1.29 is 4.39 Å². The Bertz CT molecular complexity index is 818. The second-order valence-corrected chi connectivity index (χ2v) is 9.14. The van der Waals surface area contributed by atoms with Crippen LogP contribution in [0.15, 0.2) is 82.5 Å². The molecule has 0 radical (unpaired) electrons. The third-order valence-electron chi connectivity index (χ3n) is 7.48. The highest BCUT2D eigenvalue weighted by Crippen LogP contribution is 2.40. The van der Waals surface area contributed by atoms with Gasteiger partial charge >= 0.3 is 0 Å². The van der Waals surface area contributed by atoms with E-state index in [1.54, 1.807) is 5.57 Å². The average molecular weight is 391 g/mol. The third-order valence-corrected chi connectivity index (χ3v) is 7.48. The van der Waals surface area contributed by atoms with Crippen molar-refractivity contribution in [3.63, 3.8) is 0 Å². The topological polar surface area (TPSA) is 0 Å². The van der Waals surface area contributed by atoms with Gasteiger partial charge in [-0.3, -0.25) is 0 Å². The van der Waals surface area contributed by atoms with Crippen LogP contribution in [0.1, 0.15) is 71.1 Å². The minimum atomic E-state index is -0.863. The molecule has 0 amide bonds.